The monoisotopic (exact) mass is 474 g/mol. The van der Waals surface area contributed by atoms with Crippen LogP contribution in [0.5, 0.6) is 0 Å². The first kappa shape index (κ1) is 23.0. The SMILES string of the molecule is CCNC(=NCc1cccnc1N1CCN(C)CC1)NC(C)C(C)C.I. The maximum atomic E-state index is 4.79. The Morgan fingerprint density at radius 3 is 2.54 bits per heavy atom. The molecule has 7 heteroatoms. The van der Waals surface area contributed by atoms with Crippen molar-refractivity contribution in [3.63, 3.8) is 0 Å². The predicted octanol–water partition coefficient (Wildman–Crippen LogP) is 2.55. The molecule has 1 fully saturated rings. The normalized spacial score (nSPS) is 17.0. The molecule has 1 unspecified atom stereocenters. The fourth-order valence-electron chi connectivity index (χ4n) is 2.72. The molecule has 0 radical (unpaired) electrons. The Morgan fingerprint density at radius 2 is 1.92 bits per heavy atom. The van der Waals surface area contributed by atoms with E-state index in [1.54, 1.807) is 0 Å². The van der Waals surface area contributed by atoms with E-state index in [4.69, 9.17) is 4.99 Å². The van der Waals surface area contributed by atoms with E-state index < -0.39 is 0 Å². The lowest BCUT2D eigenvalue weighted by molar-refractivity contribution is 0.312. The largest absolute Gasteiger partial charge is 0.357 e. The lowest BCUT2D eigenvalue weighted by Gasteiger charge is -2.34. The molecule has 26 heavy (non-hydrogen) atoms. The zero-order chi connectivity index (χ0) is 18.2. The number of nitrogens with one attached hydrogen (secondary N) is 2. The van der Waals surface area contributed by atoms with Crippen LogP contribution in [0.1, 0.15) is 33.3 Å². The van der Waals surface area contributed by atoms with Gasteiger partial charge < -0.3 is 20.4 Å². The smallest absolute Gasteiger partial charge is 0.191 e. The molecular formula is C19H35IN6. The van der Waals surface area contributed by atoms with E-state index in [2.05, 4.69) is 66.2 Å². The molecule has 0 spiro atoms. The van der Waals surface area contributed by atoms with Crippen molar-refractivity contribution in [2.75, 3.05) is 44.7 Å². The van der Waals surface area contributed by atoms with Gasteiger partial charge in [-0.25, -0.2) is 9.98 Å². The molecular weight excluding hydrogens is 439 g/mol. The second-order valence-corrected chi connectivity index (χ2v) is 7.15. The standard InChI is InChI=1S/C19H34N6.HI/c1-6-20-19(23-16(4)15(2)3)22-14-17-8-7-9-21-18(17)25-12-10-24(5)11-13-25;/h7-9,15-16H,6,10-14H2,1-5H3,(H2,20,22,23);1H. The highest BCUT2D eigenvalue weighted by Crippen LogP contribution is 2.19. The number of halogens is 1. The number of rotatable bonds is 6. The number of hydrogen-bond donors (Lipinski definition) is 2. The summed E-state index contributed by atoms with van der Waals surface area (Å²) < 4.78 is 0. The van der Waals surface area contributed by atoms with Crippen molar-refractivity contribution in [1.82, 2.24) is 20.5 Å². The van der Waals surface area contributed by atoms with Crippen molar-refractivity contribution in [3.05, 3.63) is 23.9 Å². The maximum absolute atomic E-state index is 4.79. The number of pyridine rings is 1. The summed E-state index contributed by atoms with van der Waals surface area (Å²) in [6, 6.07) is 4.52. The van der Waals surface area contributed by atoms with Crippen LogP contribution in [0.2, 0.25) is 0 Å². The molecule has 1 aromatic heterocycles. The number of hydrogen-bond acceptors (Lipinski definition) is 4. The van der Waals surface area contributed by atoms with E-state index in [0.717, 1.165) is 44.5 Å². The van der Waals surface area contributed by atoms with Crippen LogP contribution < -0.4 is 15.5 Å². The molecule has 1 aromatic rings. The second kappa shape index (κ2) is 11.6. The van der Waals surface area contributed by atoms with Crippen molar-refractivity contribution in [2.24, 2.45) is 10.9 Å². The van der Waals surface area contributed by atoms with Crippen molar-refractivity contribution < 1.29 is 0 Å². The van der Waals surface area contributed by atoms with E-state index in [-0.39, 0.29) is 24.0 Å². The van der Waals surface area contributed by atoms with Crippen LogP contribution in [-0.4, -0.2) is 61.7 Å². The van der Waals surface area contributed by atoms with E-state index in [1.807, 2.05) is 12.3 Å². The molecule has 0 saturated carbocycles. The van der Waals surface area contributed by atoms with E-state index in [9.17, 15) is 0 Å². The van der Waals surface area contributed by atoms with Gasteiger partial charge in [-0.05, 0) is 32.9 Å². The molecule has 2 N–H and O–H groups in total. The molecule has 1 atom stereocenters. The van der Waals surface area contributed by atoms with Crippen LogP contribution >= 0.6 is 24.0 Å². The molecule has 2 rings (SSSR count). The number of likely N-dealkylation sites (N-methyl/N-ethyl adjacent to an activating group) is 1. The van der Waals surface area contributed by atoms with Crippen molar-refractivity contribution in [3.8, 4) is 0 Å². The van der Waals surface area contributed by atoms with Gasteiger partial charge in [-0.15, -0.1) is 24.0 Å². The Bertz CT molecular complexity index is 555. The Balaban J connectivity index is 0.00000338. The summed E-state index contributed by atoms with van der Waals surface area (Å²) in [5, 5.41) is 6.83. The van der Waals surface area contributed by atoms with Gasteiger partial charge in [-0.2, -0.15) is 0 Å². The first-order chi connectivity index (χ1) is 12.0. The second-order valence-electron chi connectivity index (χ2n) is 7.15. The van der Waals surface area contributed by atoms with Crippen molar-refractivity contribution >= 4 is 35.8 Å². The third-order valence-electron chi connectivity index (χ3n) is 4.79. The summed E-state index contributed by atoms with van der Waals surface area (Å²) in [7, 11) is 2.17. The fourth-order valence-corrected chi connectivity index (χ4v) is 2.72. The lowest BCUT2D eigenvalue weighted by Crippen LogP contribution is -2.45. The minimum atomic E-state index is 0. The first-order valence-electron chi connectivity index (χ1n) is 9.43. The molecule has 0 amide bonds. The third-order valence-corrected chi connectivity index (χ3v) is 4.79. The van der Waals surface area contributed by atoms with Crippen LogP contribution in [0, 0.1) is 5.92 Å². The van der Waals surface area contributed by atoms with Crippen LogP contribution in [0.15, 0.2) is 23.3 Å². The molecule has 148 valence electrons. The summed E-state index contributed by atoms with van der Waals surface area (Å²) >= 11 is 0. The minimum absolute atomic E-state index is 0. The van der Waals surface area contributed by atoms with Crippen LogP contribution in [0.25, 0.3) is 0 Å². The summed E-state index contributed by atoms with van der Waals surface area (Å²) in [5.74, 6) is 2.51. The number of piperazine rings is 1. The first-order valence-corrected chi connectivity index (χ1v) is 9.43. The Kier molecular flexibility index (Phi) is 10.2. The minimum Gasteiger partial charge on any atom is -0.357 e. The van der Waals surface area contributed by atoms with E-state index >= 15 is 0 Å². The molecule has 0 aromatic carbocycles. The highest BCUT2D eigenvalue weighted by atomic mass is 127. The van der Waals surface area contributed by atoms with Gasteiger partial charge in [0, 0.05) is 50.5 Å². The molecule has 1 aliphatic heterocycles. The zero-order valence-electron chi connectivity index (χ0n) is 16.8. The number of aliphatic imine (C=N–C) groups is 1. The van der Waals surface area contributed by atoms with Gasteiger partial charge in [-0.1, -0.05) is 19.9 Å². The zero-order valence-corrected chi connectivity index (χ0v) is 19.2. The predicted molar refractivity (Wildman–Crippen MR) is 122 cm³/mol. The van der Waals surface area contributed by atoms with Crippen molar-refractivity contribution in [1.29, 1.82) is 0 Å². The molecule has 6 nitrogen and oxygen atoms in total. The summed E-state index contributed by atoms with van der Waals surface area (Å²) in [6.07, 6.45) is 1.88. The molecule has 2 heterocycles. The van der Waals surface area contributed by atoms with Crippen LogP contribution in [-0.2, 0) is 6.54 Å². The van der Waals surface area contributed by atoms with Gasteiger partial charge in [0.05, 0.1) is 6.54 Å². The van der Waals surface area contributed by atoms with E-state index in [1.165, 1.54) is 5.56 Å². The lowest BCUT2D eigenvalue weighted by atomic mass is 10.1. The van der Waals surface area contributed by atoms with E-state index in [0.29, 0.717) is 18.5 Å². The van der Waals surface area contributed by atoms with Gasteiger partial charge in [0.25, 0.3) is 0 Å². The summed E-state index contributed by atoms with van der Waals surface area (Å²) in [6.45, 7) is 14.4. The van der Waals surface area contributed by atoms with Crippen LogP contribution in [0.3, 0.4) is 0 Å². The third kappa shape index (κ3) is 6.90. The molecule has 1 saturated heterocycles. The molecule has 0 bridgehead atoms. The average molecular weight is 474 g/mol. The van der Waals surface area contributed by atoms with Crippen molar-refractivity contribution in [2.45, 2.75) is 40.3 Å². The quantitative estimate of drug-likeness (QED) is 0.377. The highest BCUT2D eigenvalue weighted by molar-refractivity contribution is 14.0. The molecule has 1 aliphatic rings. The van der Waals surface area contributed by atoms with Gasteiger partial charge in [-0.3, -0.25) is 0 Å². The average Bonchev–Trinajstić information content (AvgIpc) is 2.60. The molecule has 0 aliphatic carbocycles. The number of aromatic nitrogens is 1. The highest BCUT2D eigenvalue weighted by Gasteiger charge is 2.18. The summed E-state index contributed by atoms with van der Waals surface area (Å²) in [4.78, 5) is 14.2. The maximum Gasteiger partial charge on any atom is 0.191 e. The topological polar surface area (TPSA) is 55.8 Å². The summed E-state index contributed by atoms with van der Waals surface area (Å²) in [5.41, 5.74) is 1.18. The Hall–Kier alpha value is -1.09. The fraction of sp³-hybridized carbons (Fsp3) is 0.684. The number of anilines is 1. The van der Waals surface area contributed by atoms with Gasteiger partial charge in [0.2, 0.25) is 0 Å². The van der Waals surface area contributed by atoms with Gasteiger partial charge in [0.1, 0.15) is 5.82 Å². The number of nitrogens with zero attached hydrogens (tertiary/aromatic N) is 4. The number of guanidine groups is 1. The van der Waals surface area contributed by atoms with Gasteiger partial charge >= 0.3 is 0 Å². The van der Waals surface area contributed by atoms with Gasteiger partial charge in [0.15, 0.2) is 5.96 Å². The van der Waals surface area contributed by atoms with Crippen LogP contribution in [0.4, 0.5) is 5.82 Å². The Morgan fingerprint density at radius 1 is 1.23 bits per heavy atom. The Labute approximate surface area is 175 Å².